The van der Waals surface area contributed by atoms with Crippen molar-refractivity contribution in [2.75, 3.05) is 13.2 Å². The van der Waals surface area contributed by atoms with Gasteiger partial charge in [-0.05, 0) is 109 Å². The number of carboxylic acid groups (broad SMARTS) is 1. The predicted octanol–water partition coefficient (Wildman–Crippen LogP) is 3.52. The molecule has 0 aromatic heterocycles. The van der Waals surface area contributed by atoms with Crippen LogP contribution in [-0.2, 0) is 23.7 Å². The maximum atomic E-state index is 13.0. The Morgan fingerprint density at radius 1 is 0.811 bits per heavy atom. The van der Waals surface area contributed by atoms with Crippen LogP contribution in [0.4, 0.5) is 0 Å². The quantitative estimate of drug-likeness (QED) is 0.155. The van der Waals surface area contributed by atoms with E-state index < -0.39 is 73.3 Å². The summed E-state index contributed by atoms with van der Waals surface area (Å²) in [5, 5.41) is 73.3. The Balaban J connectivity index is 1.13. The summed E-state index contributed by atoms with van der Waals surface area (Å²) in [6, 6.07) is 0. The van der Waals surface area contributed by atoms with E-state index in [1.165, 1.54) is 5.57 Å². The molecule has 7 N–H and O–H groups in total. The molecule has 0 amide bonds. The van der Waals surface area contributed by atoms with Crippen molar-refractivity contribution in [2.24, 2.45) is 50.2 Å². The van der Waals surface area contributed by atoms with E-state index >= 15 is 0 Å². The minimum Gasteiger partial charge on any atom is -0.481 e. The van der Waals surface area contributed by atoms with Crippen molar-refractivity contribution < 1.29 is 59.5 Å². The first kappa shape index (κ1) is 40.0. The fourth-order valence-corrected chi connectivity index (χ4v) is 13.4. The van der Waals surface area contributed by atoms with E-state index in [1.54, 1.807) is 0 Å². The van der Waals surface area contributed by atoms with Crippen LogP contribution in [0.2, 0.25) is 0 Å². The van der Waals surface area contributed by atoms with Crippen molar-refractivity contribution in [3.63, 3.8) is 0 Å². The number of aliphatic hydroxyl groups is 6. The first-order chi connectivity index (χ1) is 24.7. The van der Waals surface area contributed by atoms with Gasteiger partial charge >= 0.3 is 5.97 Å². The molecule has 0 aromatic carbocycles. The lowest BCUT2D eigenvalue weighted by molar-refractivity contribution is -0.367. The smallest absolute Gasteiger partial charge is 0.310 e. The molecular formula is C41H66O12. The molecule has 0 bridgehead atoms. The molecule has 2 aliphatic heterocycles. The molecule has 7 aliphatic rings. The average Bonchev–Trinajstić information content (AvgIpc) is 3.08. The molecular weight excluding hydrogens is 684 g/mol. The van der Waals surface area contributed by atoms with Gasteiger partial charge in [-0.25, -0.2) is 0 Å². The van der Waals surface area contributed by atoms with E-state index in [0.29, 0.717) is 11.8 Å². The van der Waals surface area contributed by atoms with Crippen LogP contribution in [0.5, 0.6) is 0 Å². The van der Waals surface area contributed by atoms with Crippen molar-refractivity contribution in [3.8, 4) is 0 Å². The van der Waals surface area contributed by atoms with Gasteiger partial charge in [-0.1, -0.05) is 60.1 Å². The SMILES string of the molecule is CC1(C)CC[C@]2(C(=O)O)CC[C@]3(C)C(=CC[C@@H]4[C@@]5(C)CC[C@H](O[C@@H]6OC[C@H](O)[C@H](O)[C@H]6O[C@H]6O[C@H](CO)[C@@H](O)[C@H](O)[C@H]6O)C(C)(C)[C@@H]5CC[C@]43C)[C@H]2C1. The van der Waals surface area contributed by atoms with Crippen LogP contribution in [-0.4, -0.2) is 116 Å². The highest BCUT2D eigenvalue weighted by atomic mass is 16.8. The van der Waals surface area contributed by atoms with E-state index in [0.717, 1.165) is 64.2 Å². The minimum atomic E-state index is -1.69. The number of ether oxygens (including phenoxy) is 4. The Hall–Kier alpha value is -1.19. The van der Waals surface area contributed by atoms with Crippen molar-refractivity contribution in [1.82, 2.24) is 0 Å². The lowest BCUT2D eigenvalue weighted by Gasteiger charge is -2.71. The van der Waals surface area contributed by atoms with Crippen LogP contribution in [0.15, 0.2) is 11.6 Å². The maximum Gasteiger partial charge on any atom is 0.310 e. The van der Waals surface area contributed by atoms with Crippen molar-refractivity contribution in [2.45, 2.75) is 174 Å². The van der Waals surface area contributed by atoms with Crippen molar-refractivity contribution >= 4 is 5.97 Å². The van der Waals surface area contributed by atoms with Gasteiger partial charge in [0.05, 0.1) is 24.7 Å². The predicted molar refractivity (Wildman–Crippen MR) is 192 cm³/mol. The second-order valence-corrected chi connectivity index (χ2v) is 20.2. The molecule has 5 aliphatic carbocycles. The number of allylic oxidation sites excluding steroid dienone is 2. The average molecular weight is 751 g/mol. The summed E-state index contributed by atoms with van der Waals surface area (Å²) in [5.41, 5.74) is 0.450. The number of carboxylic acids is 1. The number of hydrogen-bond donors (Lipinski definition) is 7. The van der Waals surface area contributed by atoms with Crippen molar-refractivity contribution in [3.05, 3.63) is 11.6 Å². The van der Waals surface area contributed by atoms with Gasteiger partial charge in [0.2, 0.25) is 0 Å². The van der Waals surface area contributed by atoms with Crippen LogP contribution in [0.25, 0.3) is 0 Å². The van der Waals surface area contributed by atoms with Gasteiger partial charge in [0.25, 0.3) is 0 Å². The minimum absolute atomic E-state index is 0.00935. The summed E-state index contributed by atoms with van der Waals surface area (Å²) >= 11 is 0. The lowest BCUT2D eigenvalue weighted by atomic mass is 9.33. The molecule has 302 valence electrons. The first-order valence-corrected chi connectivity index (χ1v) is 20.2. The van der Waals surface area contributed by atoms with E-state index in [4.69, 9.17) is 18.9 Å². The van der Waals surface area contributed by atoms with Gasteiger partial charge in [0.15, 0.2) is 12.6 Å². The van der Waals surface area contributed by atoms with Gasteiger partial charge in [-0.15, -0.1) is 0 Å². The Labute approximate surface area is 314 Å². The summed E-state index contributed by atoms with van der Waals surface area (Å²) in [4.78, 5) is 13.0. The third-order valence-corrected chi connectivity index (χ3v) is 16.9. The maximum absolute atomic E-state index is 13.0. The molecule has 0 unspecified atom stereocenters. The monoisotopic (exact) mass is 750 g/mol. The molecule has 0 radical (unpaired) electrons. The Morgan fingerprint density at radius 3 is 2.19 bits per heavy atom. The summed E-state index contributed by atoms with van der Waals surface area (Å²) < 4.78 is 24.3. The summed E-state index contributed by atoms with van der Waals surface area (Å²) in [6.45, 7) is 15.7. The van der Waals surface area contributed by atoms with Crippen LogP contribution in [0.3, 0.4) is 0 Å². The third-order valence-electron chi connectivity index (χ3n) is 16.9. The van der Waals surface area contributed by atoms with Crippen LogP contribution >= 0.6 is 0 Å². The summed E-state index contributed by atoms with van der Waals surface area (Å²) in [7, 11) is 0. The zero-order valence-electron chi connectivity index (χ0n) is 32.7. The highest BCUT2D eigenvalue weighted by Gasteiger charge is 2.69. The van der Waals surface area contributed by atoms with Gasteiger partial charge in [0, 0.05) is 0 Å². The number of aliphatic carboxylic acids is 1. The van der Waals surface area contributed by atoms with E-state index in [9.17, 15) is 40.5 Å². The highest BCUT2D eigenvalue weighted by molar-refractivity contribution is 5.76. The topological polar surface area (TPSA) is 196 Å². The van der Waals surface area contributed by atoms with Gasteiger partial charge in [0.1, 0.15) is 42.7 Å². The number of fused-ring (bicyclic) bond motifs is 7. The van der Waals surface area contributed by atoms with E-state index in [-0.39, 0.29) is 45.7 Å². The van der Waals surface area contributed by atoms with Gasteiger partial charge in [-0.2, -0.15) is 0 Å². The molecule has 53 heavy (non-hydrogen) atoms. The van der Waals surface area contributed by atoms with Crippen molar-refractivity contribution in [1.29, 1.82) is 0 Å². The molecule has 0 aromatic rings. The molecule has 17 atom stereocenters. The fourth-order valence-electron chi connectivity index (χ4n) is 13.4. The second-order valence-electron chi connectivity index (χ2n) is 20.2. The van der Waals surface area contributed by atoms with Crippen LogP contribution in [0, 0.1) is 50.2 Å². The number of rotatable bonds is 6. The lowest BCUT2D eigenvalue weighted by Crippen LogP contribution is -2.66. The fraction of sp³-hybridized carbons (Fsp3) is 0.927. The third kappa shape index (κ3) is 5.94. The van der Waals surface area contributed by atoms with Gasteiger partial charge in [-0.3, -0.25) is 4.79 Å². The molecule has 2 heterocycles. The summed E-state index contributed by atoms with van der Waals surface area (Å²) in [5.74, 6) is 0.147. The zero-order valence-corrected chi connectivity index (χ0v) is 32.7. The normalized spacial score (nSPS) is 53.3. The van der Waals surface area contributed by atoms with E-state index in [2.05, 4.69) is 54.5 Å². The number of hydrogen-bond acceptors (Lipinski definition) is 11. The number of aliphatic hydroxyl groups excluding tert-OH is 6. The zero-order chi connectivity index (χ0) is 38.7. The van der Waals surface area contributed by atoms with Crippen LogP contribution in [0.1, 0.15) is 113 Å². The first-order valence-electron chi connectivity index (χ1n) is 20.2. The van der Waals surface area contributed by atoms with E-state index in [1.807, 2.05) is 0 Å². The Kier molecular flexibility index (Phi) is 10.2. The van der Waals surface area contributed by atoms with Gasteiger partial charge < -0.3 is 54.7 Å². The molecule has 4 saturated carbocycles. The molecule has 6 fully saturated rings. The second kappa shape index (κ2) is 13.5. The standard InChI is InChI=1S/C41H66O12/c1-36(2)14-16-41(35(48)49)17-15-39(6)21(22(41)18-36)8-9-26-38(5)12-11-27(37(3,4)25(38)10-13-40(26,39)7)52-34-32(28(44)23(43)20-50-34)53-33-31(47)30(46)29(45)24(19-42)51-33/h8,22-34,42-47H,9-20H2,1-7H3,(H,48,49)/t22-,23+,24-,25+,26-,27+,28+,29-,30+,31-,32-,33-,34+,38+,39-,40-,41+/m1/s1. The largest absolute Gasteiger partial charge is 0.481 e. The molecule has 7 rings (SSSR count). The van der Waals surface area contributed by atoms with Crippen LogP contribution < -0.4 is 0 Å². The Bertz CT molecular complexity index is 1430. The summed E-state index contributed by atoms with van der Waals surface area (Å²) in [6.07, 6.45) is -1.79. The molecule has 0 spiro atoms. The number of carbonyl (C=O) groups is 1. The Morgan fingerprint density at radius 2 is 1.51 bits per heavy atom. The highest BCUT2D eigenvalue weighted by Crippen LogP contribution is 2.76. The molecule has 12 heteroatoms. The molecule has 2 saturated heterocycles. The molecule has 12 nitrogen and oxygen atoms in total.